The number of ketones is 1. The first-order valence-corrected chi connectivity index (χ1v) is 9.33. The van der Waals surface area contributed by atoms with Crippen LogP contribution in [0.25, 0.3) is 16.5 Å². The Kier molecular flexibility index (Phi) is 5.53. The molecule has 0 spiro atoms. The highest BCUT2D eigenvalue weighted by atomic mass is 79.9. The number of benzene rings is 2. The summed E-state index contributed by atoms with van der Waals surface area (Å²) in [7, 11) is 0. The van der Waals surface area contributed by atoms with Crippen LogP contribution in [0.1, 0.15) is 20.8 Å². The molecule has 3 rings (SSSR count). The molecule has 3 aromatic rings. The minimum absolute atomic E-state index is 0.109. The summed E-state index contributed by atoms with van der Waals surface area (Å²) in [5.41, 5.74) is 0.660. The second-order valence-corrected chi connectivity index (χ2v) is 7.59. The number of phenolic OH excluding ortho intramolecular Hbond substituents is 1. The molecule has 0 bridgehead atoms. The van der Waals surface area contributed by atoms with Gasteiger partial charge in [0.25, 0.3) is 0 Å². The van der Waals surface area contributed by atoms with Crippen LogP contribution in [-0.4, -0.2) is 10.9 Å². The number of allylic oxidation sites excluding steroid dienone is 1. The highest BCUT2D eigenvalue weighted by Crippen LogP contribution is 2.33. The van der Waals surface area contributed by atoms with Crippen molar-refractivity contribution in [1.29, 1.82) is 0 Å². The third kappa shape index (κ3) is 4.67. The average Bonchev–Trinajstić information content (AvgIpc) is 3.12. The van der Waals surface area contributed by atoms with Crippen molar-refractivity contribution in [2.75, 3.05) is 0 Å². The van der Waals surface area contributed by atoms with Gasteiger partial charge in [-0.15, -0.1) is 11.3 Å². The van der Waals surface area contributed by atoms with Crippen LogP contribution >= 0.6 is 27.3 Å². The van der Waals surface area contributed by atoms with E-state index in [2.05, 4.69) is 15.9 Å². The van der Waals surface area contributed by atoms with E-state index >= 15 is 0 Å². The Morgan fingerprint density at radius 1 is 1.04 bits per heavy atom. The number of carbonyl (C=O) groups is 1. The molecule has 0 amide bonds. The molecule has 0 saturated carbocycles. The predicted octanol–water partition coefficient (Wildman–Crippen LogP) is 6.80. The number of rotatable bonds is 4. The van der Waals surface area contributed by atoms with Crippen molar-refractivity contribution in [3.63, 3.8) is 0 Å². The summed E-state index contributed by atoms with van der Waals surface area (Å²) >= 11 is 4.42. The summed E-state index contributed by atoms with van der Waals surface area (Å²) in [6.45, 7) is 0. The summed E-state index contributed by atoms with van der Waals surface area (Å²) in [5.74, 6) is -0.0970. The van der Waals surface area contributed by atoms with Crippen molar-refractivity contribution in [2.24, 2.45) is 0 Å². The molecule has 1 N–H and O–H groups in total. The Hall–Kier alpha value is -2.38. The van der Waals surface area contributed by atoms with Crippen LogP contribution < -0.4 is 0 Å². The van der Waals surface area contributed by atoms with E-state index in [1.807, 2.05) is 0 Å². The number of alkyl halides is 3. The maximum absolute atomic E-state index is 12.6. The first-order valence-electron chi connectivity index (χ1n) is 7.72. The molecule has 0 unspecified atom stereocenters. The predicted molar refractivity (Wildman–Crippen MR) is 104 cm³/mol. The van der Waals surface area contributed by atoms with Crippen LogP contribution in [0.2, 0.25) is 0 Å². The number of hydrogen-bond acceptors (Lipinski definition) is 3. The van der Waals surface area contributed by atoms with Gasteiger partial charge in [0.15, 0.2) is 5.78 Å². The summed E-state index contributed by atoms with van der Waals surface area (Å²) in [4.78, 5) is 13.5. The number of hydrogen-bond donors (Lipinski definition) is 1. The zero-order chi connectivity index (χ0) is 19.6. The van der Waals surface area contributed by atoms with E-state index in [0.717, 1.165) is 17.7 Å². The van der Waals surface area contributed by atoms with Gasteiger partial charge in [0.05, 0.1) is 14.9 Å². The van der Waals surface area contributed by atoms with E-state index < -0.39 is 11.7 Å². The molecule has 7 heteroatoms. The Balaban J connectivity index is 1.75. The van der Waals surface area contributed by atoms with E-state index in [4.69, 9.17) is 0 Å². The van der Waals surface area contributed by atoms with Crippen LogP contribution in [0.4, 0.5) is 13.2 Å². The fourth-order valence-electron chi connectivity index (χ4n) is 2.33. The monoisotopic (exact) mass is 452 g/mol. The largest absolute Gasteiger partial charge is 0.507 e. The average molecular weight is 453 g/mol. The number of halogens is 4. The van der Waals surface area contributed by atoms with Gasteiger partial charge in [-0.1, -0.05) is 24.3 Å². The molecule has 2 aromatic carbocycles. The van der Waals surface area contributed by atoms with Gasteiger partial charge in [-0.25, -0.2) is 0 Å². The van der Waals surface area contributed by atoms with E-state index in [1.54, 1.807) is 30.3 Å². The lowest BCUT2D eigenvalue weighted by Crippen LogP contribution is -2.03. The molecular weight excluding hydrogens is 441 g/mol. The second kappa shape index (κ2) is 7.70. The summed E-state index contributed by atoms with van der Waals surface area (Å²) in [5, 5.41) is 9.47. The molecule has 0 aliphatic carbocycles. The SMILES string of the molecule is O=C(C=Cc1ccc(O)c(Br)c1)c1ccc(-c2ccc(C(F)(F)F)cc2)s1. The van der Waals surface area contributed by atoms with Gasteiger partial charge in [-0.3, -0.25) is 4.79 Å². The number of thiophene rings is 1. The molecule has 27 heavy (non-hydrogen) atoms. The molecule has 0 atom stereocenters. The van der Waals surface area contributed by atoms with Crippen molar-refractivity contribution >= 4 is 39.1 Å². The Morgan fingerprint density at radius 3 is 2.37 bits per heavy atom. The molecule has 1 heterocycles. The van der Waals surface area contributed by atoms with Gasteiger partial charge in [0.2, 0.25) is 0 Å². The fourth-order valence-corrected chi connectivity index (χ4v) is 3.66. The maximum Gasteiger partial charge on any atom is 0.416 e. The Labute approximate surface area is 165 Å². The van der Waals surface area contributed by atoms with Crippen molar-refractivity contribution in [2.45, 2.75) is 6.18 Å². The van der Waals surface area contributed by atoms with Crippen LogP contribution in [-0.2, 0) is 6.18 Å². The molecule has 0 fully saturated rings. The minimum Gasteiger partial charge on any atom is -0.507 e. The smallest absolute Gasteiger partial charge is 0.416 e. The minimum atomic E-state index is -4.37. The first kappa shape index (κ1) is 19.4. The van der Waals surface area contributed by atoms with E-state index in [0.29, 0.717) is 19.8 Å². The number of phenols is 1. The molecule has 0 aliphatic rings. The molecule has 138 valence electrons. The maximum atomic E-state index is 12.6. The van der Waals surface area contributed by atoms with E-state index in [-0.39, 0.29) is 11.5 Å². The first-order chi connectivity index (χ1) is 12.7. The van der Waals surface area contributed by atoms with Crippen LogP contribution in [0.5, 0.6) is 5.75 Å². The highest BCUT2D eigenvalue weighted by molar-refractivity contribution is 9.10. The molecule has 1 aromatic heterocycles. The van der Waals surface area contributed by atoms with Crippen LogP contribution in [0.3, 0.4) is 0 Å². The van der Waals surface area contributed by atoms with E-state index in [9.17, 15) is 23.1 Å². The van der Waals surface area contributed by atoms with Gasteiger partial charge < -0.3 is 5.11 Å². The Bertz CT molecular complexity index is 1000. The summed E-state index contributed by atoms with van der Waals surface area (Å²) in [6, 6.07) is 13.1. The van der Waals surface area contributed by atoms with Gasteiger partial charge in [0.1, 0.15) is 5.75 Å². The second-order valence-electron chi connectivity index (χ2n) is 5.65. The van der Waals surface area contributed by atoms with Gasteiger partial charge in [0, 0.05) is 4.88 Å². The summed E-state index contributed by atoms with van der Waals surface area (Å²) in [6.07, 6.45) is -1.33. The van der Waals surface area contributed by atoms with Crippen molar-refractivity contribution in [1.82, 2.24) is 0 Å². The molecule has 0 aliphatic heterocycles. The number of aromatic hydroxyl groups is 1. The van der Waals surface area contributed by atoms with Gasteiger partial charge in [-0.2, -0.15) is 13.2 Å². The quantitative estimate of drug-likeness (QED) is 0.349. The van der Waals surface area contributed by atoms with Crippen LogP contribution in [0.15, 0.2) is 65.1 Å². The zero-order valence-electron chi connectivity index (χ0n) is 13.6. The molecule has 0 saturated heterocycles. The lowest BCUT2D eigenvalue weighted by molar-refractivity contribution is -0.137. The Morgan fingerprint density at radius 2 is 1.74 bits per heavy atom. The van der Waals surface area contributed by atoms with Gasteiger partial charge >= 0.3 is 6.18 Å². The summed E-state index contributed by atoms with van der Waals surface area (Å²) < 4.78 is 38.4. The zero-order valence-corrected chi connectivity index (χ0v) is 16.0. The lowest BCUT2D eigenvalue weighted by Gasteiger charge is -2.06. The molecular formula is C20H12BrF3O2S. The van der Waals surface area contributed by atoms with Crippen molar-refractivity contribution in [3.8, 4) is 16.2 Å². The fraction of sp³-hybridized carbons (Fsp3) is 0.0500. The van der Waals surface area contributed by atoms with Crippen LogP contribution in [0, 0.1) is 0 Å². The molecule has 0 radical (unpaired) electrons. The standard InChI is InChI=1S/C20H12BrF3O2S/c21-15-11-12(1-7-16(15)25)2-8-17(26)19-10-9-18(27-19)13-3-5-14(6-4-13)20(22,23)24/h1-11,25H. The third-order valence-electron chi connectivity index (χ3n) is 3.74. The highest BCUT2D eigenvalue weighted by Gasteiger charge is 2.30. The number of carbonyl (C=O) groups excluding carboxylic acids is 1. The van der Waals surface area contributed by atoms with Crippen molar-refractivity contribution < 1.29 is 23.1 Å². The van der Waals surface area contributed by atoms with E-state index in [1.165, 1.54) is 35.6 Å². The third-order valence-corrected chi connectivity index (χ3v) is 5.53. The van der Waals surface area contributed by atoms with Gasteiger partial charge in [-0.05, 0) is 69.5 Å². The topological polar surface area (TPSA) is 37.3 Å². The molecule has 2 nitrogen and oxygen atoms in total. The van der Waals surface area contributed by atoms with Crippen molar-refractivity contribution in [3.05, 3.63) is 81.2 Å². The lowest BCUT2D eigenvalue weighted by atomic mass is 10.1. The normalized spacial score (nSPS) is 11.9.